The Balaban J connectivity index is 1.93. The average molecular weight is 273 g/mol. The molecule has 6 nitrogen and oxygen atoms in total. The van der Waals surface area contributed by atoms with Crippen LogP contribution in [0.25, 0.3) is 0 Å². The highest BCUT2D eigenvalue weighted by Crippen LogP contribution is 2.10. The van der Waals surface area contributed by atoms with E-state index in [0.717, 1.165) is 0 Å². The molecule has 20 heavy (non-hydrogen) atoms. The summed E-state index contributed by atoms with van der Waals surface area (Å²) in [7, 11) is 0. The van der Waals surface area contributed by atoms with Gasteiger partial charge in [0.05, 0.1) is 12.6 Å². The first-order valence-electron chi connectivity index (χ1n) is 6.16. The number of amides is 1. The SMILES string of the molecule is C[C@@H](N)c1cc(C(=O)NCC(=O)c2ccccc2)no1. The zero-order valence-electron chi connectivity index (χ0n) is 11.0. The van der Waals surface area contributed by atoms with Gasteiger partial charge < -0.3 is 15.6 Å². The minimum Gasteiger partial charge on any atom is -0.359 e. The van der Waals surface area contributed by atoms with Crippen LogP contribution in [-0.2, 0) is 0 Å². The Hall–Kier alpha value is -2.47. The molecule has 0 spiro atoms. The third-order valence-electron chi connectivity index (χ3n) is 2.72. The number of hydrogen-bond donors (Lipinski definition) is 2. The molecule has 3 N–H and O–H groups in total. The third kappa shape index (κ3) is 3.30. The summed E-state index contributed by atoms with van der Waals surface area (Å²) in [4.78, 5) is 23.6. The molecule has 0 radical (unpaired) electrons. The molecular formula is C14H15N3O3. The molecule has 0 saturated carbocycles. The maximum Gasteiger partial charge on any atom is 0.273 e. The van der Waals surface area contributed by atoms with Crippen molar-refractivity contribution in [1.29, 1.82) is 0 Å². The van der Waals surface area contributed by atoms with Gasteiger partial charge in [-0.15, -0.1) is 0 Å². The van der Waals surface area contributed by atoms with Crippen molar-refractivity contribution in [2.45, 2.75) is 13.0 Å². The zero-order valence-corrected chi connectivity index (χ0v) is 11.0. The molecule has 0 bridgehead atoms. The summed E-state index contributed by atoms with van der Waals surface area (Å²) >= 11 is 0. The number of Topliss-reactive ketones (excluding diaryl/α,β-unsaturated/α-hetero) is 1. The van der Waals surface area contributed by atoms with E-state index >= 15 is 0 Å². The number of nitrogens with one attached hydrogen (secondary N) is 1. The van der Waals surface area contributed by atoms with Crippen molar-refractivity contribution in [1.82, 2.24) is 10.5 Å². The van der Waals surface area contributed by atoms with Crippen LogP contribution in [-0.4, -0.2) is 23.4 Å². The molecule has 0 unspecified atom stereocenters. The topological polar surface area (TPSA) is 98.2 Å². The van der Waals surface area contributed by atoms with Gasteiger partial charge in [-0.25, -0.2) is 0 Å². The van der Waals surface area contributed by atoms with Gasteiger partial charge in [-0.2, -0.15) is 0 Å². The Morgan fingerprint density at radius 2 is 2.05 bits per heavy atom. The fourth-order valence-corrected chi connectivity index (χ4v) is 1.59. The van der Waals surface area contributed by atoms with E-state index in [2.05, 4.69) is 10.5 Å². The van der Waals surface area contributed by atoms with Gasteiger partial charge in [-0.3, -0.25) is 9.59 Å². The Morgan fingerprint density at radius 1 is 1.35 bits per heavy atom. The van der Waals surface area contributed by atoms with E-state index in [0.29, 0.717) is 11.3 Å². The van der Waals surface area contributed by atoms with Gasteiger partial charge in [0.15, 0.2) is 17.2 Å². The predicted molar refractivity (Wildman–Crippen MR) is 72.2 cm³/mol. The first-order valence-corrected chi connectivity index (χ1v) is 6.16. The minimum atomic E-state index is -0.468. The molecule has 1 aromatic heterocycles. The van der Waals surface area contributed by atoms with Gasteiger partial charge in [0.25, 0.3) is 5.91 Å². The highest BCUT2D eigenvalue weighted by atomic mass is 16.5. The standard InChI is InChI=1S/C14H15N3O3/c1-9(15)13-7-11(17-20-13)14(19)16-8-12(18)10-5-3-2-4-6-10/h2-7,9H,8,15H2,1H3,(H,16,19)/t9-/m1/s1. The summed E-state index contributed by atoms with van der Waals surface area (Å²) in [6.07, 6.45) is 0. The first kappa shape index (κ1) is 14.0. The number of hydrogen-bond acceptors (Lipinski definition) is 5. The highest BCUT2D eigenvalue weighted by Gasteiger charge is 2.15. The van der Waals surface area contributed by atoms with Crippen LogP contribution in [0, 0.1) is 0 Å². The van der Waals surface area contributed by atoms with Crippen LogP contribution in [0.3, 0.4) is 0 Å². The fourth-order valence-electron chi connectivity index (χ4n) is 1.59. The van der Waals surface area contributed by atoms with Gasteiger partial charge >= 0.3 is 0 Å². The van der Waals surface area contributed by atoms with Crippen molar-refractivity contribution in [2.24, 2.45) is 5.73 Å². The summed E-state index contributed by atoms with van der Waals surface area (Å²) < 4.78 is 4.92. The van der Waals surface area contributed by atoms with Gasteiger partial charge in [0.2, 0.25) is 0 Å². The molecule has 2 aromatic rings. The summed E-state index contributed by atoms with van der Waals surface area (Å²) in [6, 6.07) is 9.86. The molecule has 0 aliphatic heterocycles. The van der Waals surface area contributed by atoms with Gasteiger partial charge in [-0.1, -0.05) is 35.5 Å². The number of nitrogens with two attached hydrogens (primary N) is 1. The molecular weight excluding hydrogens is 258 g/mol. The van der Waals surface area contributed by atoms with Gasteiger partial charge in [0, 0.05) is 11.6 Å². The van der Waals surface area contributed by atoms with Crippen LogP contribution in [0.1, 0.15) is 39.6 Å². The second-order valence-electron chi connectivity index (χ2n) is 4.38. The highest BCUT2D eigenvalue weighted by molar-refractivity contribution is 6.01. The van der Waals surface area contributed by atoms with Crippen LogP contribution in [0.15, 0.2) is 40.9 Å². The molecule has 6 heteroatoms. The normalized spacial score (nSPS) is 11.9. The molecule has 1 heterocycles. The Morgan fingerprint density at radius 3 is 2.65 bits per heavy atom. The first-order chi connectivity index (χ1) is 9.58. The molecule has 0 aliphatic carbocycles. The van der Waals surface area contributed by atoms with Crippen molar-refractivity contribution in [3.8, 4) is 0 Å². The lowest BCUT2D eigenvalue weighted by molar-refractivity contribution is 0.0898. The number of ketones is 1. The predicted octanol–water partition coefficient (Wildman–Crippen LogP) is 1.31. The largest absolute Gasteiger partial charge is 0.359 e. The smallest absolute Gasteiger partial charge is 0.273 e. The number of rotatable bonds is 5. The molecule has 0 aliphatic rings. The van der Waals surface area contributed by atoms with Crippen LogP contribution in [0.4, 0.5) is 0 Å². The van der Waals surface area contributed by atoms with Crippen LogP contribution in [0.5, 0.6) is 0 Å². The Kier molecular flexibility index (Phi) is 4.27. The van der Waals surface area contributed by atoms with E-state index in [1.807, 2.05) is 6.07 Å². The van der Waals surface area contributed by atoms with E-state index < -0.39 is 5.91 Å². The van der Waals surface area contributed by atoms with Crippen LogP contribution < -0.4 is 11.1 Å². The summed E-state index contributed by atoms with van der Waals surface area (Å²) in [5.41, 5.74) is 6.26. The molecule has 1 atom stereocenters. The number of carbonyl (C=O) groups excluding carboxylic acids is 2. The molecule has 1 amide bonds. The monoisotopic (exact) mass is 273 g/mol. The second kappa shape index (κ2) is 6.12. The molecule has 1 aromatic carbocycles. The van der Waals surface area contributed by atoms with Gasteiger partial charge in [-0.05, 0) is 6.92 Å². The Labute approximate surface area is 115 Å². The molecule has 0 saturated heterocycles. The van der Waals surface area contributed by atoms with E-state index in [1.165, 1.54) is 6.07 Å². The zero-order chi connectivity index (χ0) is 14.5. The molecule has 0 fully saturated rings. The van der Waals surface area contributed by atoms with Crippen molar-refractivity contribution in [2.75, 3.05) is 6.54 Å². The lowest BCUT2D eigenvalue weighted by Crippen LogP contribution is -2.29. The minimum absolute atomic E-state index is 0.0940. The molecule has 2 rings (SSSR count). The second-order valence-corrected chi connectivity index (χ2v) is 4.38. The van der Waals surface area contributed by atoms with Crippen molar-refractivity contribution in [3.63, 3.8) is 0 Å². The Bertz CT molecular complexity index is 605. The quantitative estimate of drug-likeness (QED) is 0.800. The van der Waals surface area contributed by atoms with Crippen molar-refractivity contribution >= 4 is 11.7 Å². The summed E-state index contributed by atoms with van der Waals surface area (Å²) in [6.45, 7) is 1.63. The van der Waals surface area contributed by atoms with E-state index in [1.54, 1.807) is 31.2 Å². The number of aromatic nitrogens is 1. The number of benzene rings is 1. The summed E-state index contributed by atoms with van der Waals surface area (Å²) in [5, 5.41) is 6.11. The summed E-state index contributed by atoms with van der Waals surface area (Å²) in [5.74, 6) is -0.218. The maximum atomic E-state index is 11.8. The van der Waals surface area contributed by atoms with E-state index in [9.17, 15) is 9.59 Å². The van der Waals surface area contributed by atoms with Gasteiger partial charge in [0.1, 0.15) is 0 Å². The van der Waals surface area contributed by atoms with Crippen LogP contribution in [0.2, 0.25) is 0 Å². The maximum absolute atomic E-state index is 11.8. The average Bonchev–Trinajstić information content (AvgIpc) is 2.95. The third-order valence-corrected chi connectivity index (χ3v) is 2.72. The van der Waals surface area contributed by atoms with Crippen LogP contribution >= 0.6 is 0 Å². The number of nitrogens with zero attached hydrogens (tertiary/aromatic N) is 1. The van der Waals surface area contributed by atoms with E-state index in [-0.39, 0.29) is 24.1 Å². The number of carbonyl (C=O) groups is 2. The fraction of sp³-hybridized carbons (Fsp3) is 0.214. The lowest BCUT2D eigenvalue weighted by atomic mass is 10.1. The molecule has 104 valence electrons. The van der Waals surface area contributed by atoms with E-state index in [4.69, 9.17) is 10.3 Å². The lowest BCUT2D eigenvalue weighted by Gasteiger charge is -2.02. The van der Waals surface area contributed by atoms with Crippen molar-refractivity contribution < 1.29 is 14.1 Å². The van der Waals surface area contributed by atoms with Crippen molar-refractivity contribution in [3.05, 3.63) is 53.4 Å².